The second-order valence-electron chi connectivity index (χ2n) is 23.1. The van der Waals surface area contributed by atoms with Crippen LogP contribution in [0.4, 0.5) is 0 Å². The van der Waals surface area contributed by atoms with Crippen molar-refractivity contribution in [2.45, 2.75) is 361 Å². The molecule has 0 saturated heterocycles. The maximum absolute atomic E-state index is 12.9. The minimum absolute atomic E-state index is 0.0744. The van der Waals surface area contributed by atoms with Gasteiger partial charge in [-0.05, 0) is 83.5 Å². The van der Waals surface area contributed by atoms with E-state index in [1.807, 2.05) is 0 Å². The van der Waals surface area contributed by atoms with Crippen LogP contribution < -0.4 is 0 Å². The maximum atomic E-state index is 12.9. The number of esters is 3. The molecule has 0 aromatic carbocycles. The molecule has 0 spiro atoms. The molecule has 6 nitrogen and oxygen atoms in total. The van der Waals surface area contributed by atoms with Crippen LogP contribution in [0.2, 0.25) is 0 Å². The Hall–Kier alpha value is -3.15. The summed E-state index contributed by atoms with van der Waals surface area (Å²) in [6.45, 7) is 6.50. The van der Waals surface area contributed by atoms with E-state index in [1.165, 1.54) is 205 Å². The van der Waals surface area contributed by atoms with E-state index in [4.69, 9.17) is 14.2 Å². The molecule has 0 aliphatic carbocycles. The number of carbonyl (C=O) groups is 3. The topological polar surface area (TPSA) is 78.9 Å². The molecule has 0 saturated carbocycles. The van der Waals surface area contributed by atoms with Crippen molar-refractivity contribution in [1.29, 1.82) is 0 Å². The number of rotatable bonds is 63. The van der Waals surface area contributed by atoms with E-state index in [0.717, 1.165) is 109 Å². The summed E-state index contributed by atoms with van der Waals surface area (Å²) in [5.41, 5.74) is 0. The molecule has 458 valence electrons. The Bertz CT molecular complexity index is 1450. The van der Waals surface area contributed by atoms with E-state index in [9.17, 15) is 14.4 Å². The van der Waals surface area contributed by atoms with Crippen LogP contribution in [-0.4, -0.2) is 37.2 Å². The molecular weight excluding hydrogens is 973 g/mol. The molecule has 0 heterocycles. The molecule has 0 aromatic heterocycles. The van der Waals surface area contributed by atoms with Crippen molar-refractivity contribution in [2.75, 3.05) is 13.2 Å². The van der Waals surface area contributed by atoms with Crippen molar-refractivity contribution in [3.63, 3.8) is 0 Å². The van der Waals surface area contributed by atoms with E-state index in [2.05, 4.69) is 93.7 Å². The minimum atomic E-state index is -0.778. The van der Waals surface area contributed by atoms with Crippen LogP contribution in [0.25, 0.3) is 0 Å². The zero-order valence-electron chi connectivity index (χ0n) is 52.6. The molecule has 0 amide bonds. The van der Waals surface area contributed by atoms with Gasteiger partial charge in [-0.15, -0.1) is 0 Å². The summed E-state index contributed by atoms with van der Waals surface area (Å²) in [7, 11) is 0. The molecule has 0 N–H and O–H groups in total. The third-order valence-electron chi connectivity index (χ3n) is 15.2. The van der Waals surface area contributed by atoms with Gasteiger partial charge in [0.15, 0.2) is 6.10 Å². The average molecular weight is 1100 g/mol. The summed E-state index contributed by atoms with van der Waals surface area (Å²) in [6, 6.07) is 0. The van der Waals surface area contributed by atoms with Gasteiger partial charge >= 0.3 is 17.9 Å². The van der Waals surface area contributed by atoms with Gasteiger partial charge in [0.25, 0.3) is 0 Å². The first-order valence-electron chi connectivity index (χ1n) is 34.4. The molecular formula is C73H130O6. The second kappa shape index (κ2) is 67.4. The summed E-state index contributed by atoms with van der Waals surface area (Å²) in [4.78, 5) is 38.3. The number of unbranched alkanes of at least 4 members (excludes halogenated alkanes) is 40. The normalized spacial score (nSPS) is 12.5. The molecule has 0 aliphatic heterocycles. The molecule has 1 unspecified atom stereocenters. The summed E-state index contributed by atoms with van der Waals surface area (Å²) in [6.07, 6.45) is 87.9. The standard InChI is InChI=1S/C73H130O6/c1-4-7-10-13-16-19-22-25-27-29-30-31-32-33-34-35-36-37-38-39-40-41-42-44-45-48-51-54-57-60-63-66-72(75)78-69-70(68-77-71(74)65-62-59-56-53-50-47-24-21-18-15-12-9-6-3)79-73(76)67-64-61-58-55-52-49-46-43-28-26-23-20-17-14-11-8-5-2/h7,10,12,15-16,19,21,24-25,27,30-31,70H,4-6,8-9,11,13-14,17-18,20,22-23,26,28-29,32-69H2,1-3H3/b10-7-,15-12-,19-16-,24-21-,27-25-,31-30-. The third-order valence-corrected chi connectivity index (χ3v) is 15.2. The van der Waals surface area contributed by atoms with E-state index < -0.39 is 6.10 Å². The number of hydrogen-bond donors (Lipinski definition) is 0. The van der Waals surface area contributed by atoms with Gasteiger partial charge < -0.3 is 14.2 Å². The lowest BCUT2D eigenvalue weighted by molar-refractivity contribution is -0.167. The zero-order valence-corrected chi connectivity index (χ0v) is 52.6. The summed E-state index contributed by atoms with van der Waals surface area (Å²) < 4.78 is 17.0. The average Bonchev–Trinajstić information content (AvgIpc) is 3.45. The second-order valence-corrected chi connectivity index (χ2v) is 23.1. The van der Waals surface area contributed by atoms with Crippen LogP contribution in [0, 0.1) is 0 Å². The van der Waals surface area contributed by atoms with Crippen molar-refractivity contribution in [3.8, 4) is 0 Å². The predicted molar refractivity (Wildman–Crippen MR) is 344 cm³/mol. The first-order chi connectivity index (χ1) is 39.0. The van der Waals surface area contributed by atoms with E-state index >= 15 is 0 Å². The van der Waals surface area contributed by atoms with Crippen LogP contribution in [0.5, 0.6) is 0 Å². The highest BCUT2D eigenvalue weighted by molar-refractivity contribution is 5.71. The highest BCUT2D eigenvalue weighted by Gasteiger charge is 2.19. The highest BCUT2D eigenvalue weighted by Crippen LogP contribution is 2.18. The van der Waals surface area contributed by atoms with Gasteiger partial charge in [0.1, 0.15) is 13.2 Å². The first-order valence-corrected chi connectivity index (χ1v) is 34.4. The van der Waals surface area contributed by atoms with E-state index in [-0.39, 0.29) is 31.1 Å². The van der Waals surface area contributed by atoms with Crippen molar-refractivity contribution in [3.05, 3.63) is 72.9 Å². The van der Waals surface area contributed by atoms with Gasteiger partial charge in [-0.1, -0.05) is 325 Å². The lowest BCUT2D eigenvalue weighted by Crippen LogP contribution is -2.30. The molecule has 1 atom stereocenters. The number of ether oxygens (including phenoxy) is 3. The summed E-state index contributed by atoms with van der Waals surface area (Å²) in [5, 5.41) is 0. The van der Waals surface area contributed by atoms with Crippen LogP contribution in [0.3, 0.4) is 0 Å². The Kier molecular flexibility index (Phi) is 64.7. The SMILES string of the molecule is CC/C=C\C/C=C\C/C=C\C/C=C\CCCCCCCCCCCCCCCCCCCCC(=O)OCC(COC(=O)CCCCCCC/C=C\C/C=C\CCC)OC(=O)CCCCCCCCCCCCCCCCCCC. The minimum Gasteiger partial charge on any atom is -0.462 e. The highest BCUT2D eigenvalue weighted by atomic mass is 16.6. The smallest absolute Gasteiger partial charge is 0.306 e. The zero-order chi connectivity index (χ0) is 57.1. The third kappa shape index (κ3) is 65.5. The van der Waals surface area contributed by atoms with Crippen molar-refractivity contribution < 1.29 is 28.6 Å². The molecule has 0 radical (unpaired) electrons. The Morgan fingerprint density at radius 2 is 0.519 bits per heavy atom. The lowest BCUT2D eigenvalue weighted by atomic mass is 10.0. The number of allylic oxidation sites excluding steroid dienone is 12. The van der Waals surface area contributed by atoms with E-state index in [0.29, 0.717) is 19.3 Å². The van der Waals surface area contributed by atoms with Crippen molar-refractivity contribution in [2.24, 2.45) is 0 Å². The van der Waals surface area contributed by atoms with Crippen LogP contribution in [0.1, 0.15) is 355 Å². The fraction of sp³-hybridized carbons (Fsp3) is 0.795. The van der Waals surface area contributed by atoms with Crippen molar-refractivity contribution in [1.82, 2.24) is 0 Å². The largest absolute Gasteiger partial charge is 0.462 e. The van der Waals surface area contributed by atoms with Gasteiger partial charge in [0.2, 0.25) is 0 Å². The Balaban J connectivity index is 4.17. The van der Waals surface area contributed by atoms with Gasteiger partial charge in [0.05, 0.1) is 0 Å². The van der Waals surface area contributed by atoms with Gasteiger partial charge in [-0.25, -0.2) is 0 Å². The van der Waals surface area contributed by atoms with Crippen LogP contribution in [0.15, 0.2) is 72.9 Å². The summed E-state index contributed by atoms with van der Waals surface area (Å²) in [5.74, 6) is -0.867. The summed E-state index contributed by atoms with van der Waals surface area (Å²) >= 11 is 0. The Labute approximate surface area is 491 Å². The first kappa shape index (κ1) is 75.8. The molecule has 0 aliphatic rings. The van der Waals surface area contributed by atoms with Crippen LogP contribution in [-0.2, 0) is 28.6 Å². The molecule has 6 heteroatoms. The maximum Gasteiger partial charge on any atom is 0.306 e. The predicted octanol–water partition coefficient (Wildman–Crippen LogP) is 23.7. The Morgan fingerprint density at radius 1 is 0.266 bits per heavy atom. The van der Waals surface area contributed by atoms with Gasteiger partial charge in [0, 0.05) is 19.3 Å². The van der Waals surface area contributed by atoms with Crippen LogP contribution >= 0.6 is 0 Å². The molecule has 0 fully saturated rings. The Morgan fingerprint density at radius 3 is 0.823 bits per heavy atom. The fourth-order valence-electron chi connectivity index (χ4n) is 10.1. The fourth-order valence-corrected chi connectivity index (χ4v) is 10.1. The number of carbonyl (C=O) groups excluding carboxylic acids is 3. The lowest BCUT2D eigenvalue weighted by Gasteiger charge is -2.18. The quantitative estimate of drug-likeness (QED) is 0.0261. The molecule has 0 bridgehead atoms. The molecule has 79 heavy (non-hydrogen) atoms. The van der Waals surface area contributed by atoms with Gasteiger partial charge in [-0.3, -0.25) is 14.4 Å². The molecule has 0 rings (SSSR count). The van der Waals surface area contributed by atoms with Crippen molar-refractivity contribution >= 4 is 17.9 Å². The number of hydrogen-bond acceptors (Lipinski definition) is 6. The molecule has 0 aromatic rings. The van der Waals surface area contributed by atoms with Gasteiger partial charge in [-0.2, -0.15) is 0 Å². The van der Waals surface area contributed by atoms with E-state index in [1.54, 1.807) is 0 Å². The monoisotopic (exact) mass is 1100 g/mol.